The monoisotopic (exact) mass is 426 g/mol. The van der Waals surface area contributed by atoms with Gasteiger partial charge in [0.2, 0.25) is 0 Å². The lowest BCUT2D eigenvalue weighted by Gasteiger charge is -2.21. The van der Waals surface area contributed by atoms with Crippen molar-refractivity contribution in [3.8, 4) is 5.69 Å². The minimum atomic E-state index is -0.619. The fourth-order valence-corrected chi connectivity index (χ4v) is 3.78. The van der Waals surface area contributed by atoms with E-state index in [1.54, 1.807) is 48.5 Å². The van der Waals surface area contributed by atoms with Crippen molar-refractivity contribution < 1.29 is 9.59 Å². The summed E-state index contributed by atoms with van der Waals surface area (Å²) in [5, 5.41) is 3.54. The highest BCUT2D eigenvalue weighted by atomic mass is 35.5. The Morgan fingerprint density at radius 3 is 2.41 bits per heavy atom. The van der Waals surface area contributed by atoms with Gasteiger partial charge in [0.15, 0.2) is 5.78 Å². The van der Waals surface area contributed by atoms with Crippen LogP contribution in [-0.2, 0) is 6.42 Å². The molecule has 0 saturated heterocycles. The summed E-state index contributed by atoms with van der Waals surface area (Å²) in [6.07, 6.45) is 1.62. The van der Waals surface area contributed by atoms with Crippen molar-refractivity contribution in [2.45, 2.75) is 19.3 Å². The molecule has 0 atom stereocenters. The number of carbonyl (C=O) groups is 2. The molecule has 0 aliphatic heterocycles. The molecular formula is C22H16Cl2N2O3. The Morgan fingerprint density at radius 2 is 1.69 bits per heavy atom. The first kappa shape index (κ1) is 19.4. The van der Waals surface area contributed by atoms with Crippen LogP contribution < -0.4 is 10.9 Å². The number of nitrogens with zero attached hydrogens (tertiary/aromatic N) is 1. The van der Waals surface area contributed by atoms with Crippen molar-refractivity contribution in [2.24, 2.45) is 0 Å². The first-order chi connectivity index (χ1) is 14.0. The molecule has 2 aromatic carbocycles. The Morgan fingerprint density at radius 1 is 0.966 bits per heavy atom. The van der Waals surface area contributed by atoms with Gasteiger partial charge in [-0.15, -0.1) is 0 Å². The lowest BCUT2D eigenvalue weighted by molar-refractivity contribution is 0.0971. The van der Waals surface area contributed by atoms with Gasteiger partial charge >= 0.3 is 0 Å². The van der Waals surface area contributed by atoms with E-state index in [4.69, 9.17) is 23.2 Å². The van der Waals surface area contributed by atoms with Gasteiger partial charge in [-0.1, -0.05) is 35.3 Å². The zero-order valence-corrected chi connectivity index (χ0v) is 16.8. The lowest BCUT2D eigenvalue weighted by Crippen LogP contribution is -2.33. The number of hydrogen-bond donors (Lipinski definition) is 1. The number of ketones is 1. The average molecular weight is 427 g/mol. The van der Waals surface area contributed by atoms with Gasteiger partial charge in [0, 0.05) is 28.4 Å². The number of pyridine rings is 1. The molecule has 0 unspecified atom stereocenters. The number of hydrogen-bond acceptors (Lipinski definition) is 3. The molecule has 29 heavy (non-hydrogen) atoms. The zero-order valence-electron chi connectivity index (χ0n) is 15.2. The summed E-state index contributed by atoms with van der Waals surface area (Å²) in [6.45, 7) is 0. The number of fused-ring (bicyclic) bond motifs is 1. The van der Waals surface area contributed by atoms with Crippen LogP contribution in [0.1, 0.15) is 39.3 Å². The summed E-state index contributed by atoms with van der Waals surface area (Å²) in [5.74, 6) is -0.701. The van der Waals surface area contributed by atoms with Gasteiger partial charge in [-0.25, -0.2) is 0 Å². The molecule has 0 saturated carbocycles. The van der Waals surface area contributed by atoms with E-state index in [0.29, 0.717) is 51.9 Å². The second kappa shape index (κ2) is 7.85. The van der Waals surface area contributed by atoms with Crippen molar-refractivity contribution >= 4 is 40.6 Å². The summed E-state index contributed by atoms with van der Waals surface area (Å²) in [4.78, 5) is 38.7. The van der Waals surface area contributed by atoms with Crippen LogP contribution in [0.3, 0.4) is 0 Å². The number of aromatic nitrogens is 1. The summed E-state index contributed by atoms with van der Waals surface area (Å²) >= 11 is 12.1. The van der Waals surface area contributed by atoms with Gasteiger partial charge in [0.25, 0.3) is 11.5 Å². The van der Waals surface area contributed by atoms with Crippen LogP contribution in [0.5, 0.6) is 0 Å². The Balaban J connectivity index is 1.88. The van der Waals surface area contributed by atoms with Crippen LogP contribution in [0, 0.1) is 0 Å². The highest BCUT2D eigenvalue weighted by molar-refractivity contribution is 6.34. The van der Waals surface area contributed by atoms with Gasteiger partial charge in [0.05, 0.1) is 10.7 Å². The molecule has 1 N–H and O–H groups in total. The van der Waals surface area contributed by atoms with Gasteiger partial charge < -0.3 is 5.32 Å². The molecule has 146 valence electrons. The molecule has 1 aromatic heterocycles. The number of halogens is 2. The Kier molecular flexibility index (Phi) is 5.26. The third-order valence-electron chi connectivity index (χ3n) is 4.87. The van der Waals surface area contributed by atoms with E-state index in [2.05, 4.69) is 5.32 Å². The maximum atomic E-state index is 13.3. The van der Waals surface area contributed by atoms with Crippen molar-refractivity contribution in [1.29, 1.82) is 0 Å². The van der Waals surface area contributed by atoms with Crippen molar-refractivity contribution in [3.63, 3.8) is 0 Å². The molecule has 0 bridgehead atoms. The number of benzene rings is 2. The van der Waals surface area contributed by atoms with E-state index in [9.17, 15) is 14.4 Å². The summed E-state index contributed by atoms with van der Waals surface area (Å²) < 4.78 is 1.43. The Bertz CT molecular complexity index is 1180. The van der Waals surface area contributed by atoms with E-state index in [1.165, 1.54) is 10.6 Å². The highest BCUT2D eigenvalue weighted by Crippen LogP contribution is 2.25. The van der Waals surface area contributed by atoms with Gasteiger partial charge in [0.1, 0.15) is 5.56 Å². The largest absolute Gasteiger partial charge is 0.320 e. The Hall–Kier alpha value is -2.89. The quantitative estimate of drug-likeness (QED) is 0.646. The second-order valence-electron chi connectivity index (χ2n) is 6.75. The predicted molar refractivity (Wildman–Crippen MR) is 114 cm³/mol. The molecule has 1 amide bonds. The smallest absolute Gasteiger partial charge is 0.268 e. The molecule has 7 heteroatoms. The summed E-state index contributed by atoms with van der Waals surface area (Å²) in [6, 6.07) is 14.9. The summed E-state index contributed by atoms with van der Waals surface area (Å²) in [7, 11) is 0. The molecule has 0 radical (unpaired) electrons. The second-order valence-corrected chi connectivity index (χ2v) is 7.59. The van der Waals surface area contributed by atoms with Crippen LogP contribution in [0.4, 0.5) is 5.69 Å². The number of nitrogens with one attached hydrogen (secondary N) is 1. The van der Waals surface area contributed by atoms with Gasteiger partial charge in [-0.2, -0.15) is 0 Å². The maximum absolute atomic E-state index is 13.3. The maximum Gasteiger partial charge on any atom is 0.268 e. The highest BCUT2D eigenvalue weighted by Gasteiger charge is 2.26. The number of rotatable bonds is 3. The first-order valence-electron chi connectivity index (χ1n) is 9.09. The molecule has 1 aliphatic carbocycles. The van der Waals surface area contributed by atoms with Crippen LogP contribution in [0.2, 0.25) is 10.0 Å². The normalized spacial score (nSPS) is 13.1. The van der Waals surface area contributed by atoms with E-state index < -0.39 is 11.5 Å². The summed E-state index contributed by atoms with van der Waals surface area (Å²) in [5.41, 5.74) is 1.34. The third-order valence-corrected chi connectivity index (χ3v) is 5.45. The van der Waals surface area contributed by atoms with Crippen LogP contribution in [0.15, 0.2) is 59.4 Å². The van der Waals surface area contributed by atoms with Gasteiger partial charge in [-0.05, 0) is 55.3 Å². The standard InChI is InChI=1S/C22H16Cl2N2O3/c23-13-8-10-14(11-9-13)26-19-6-3-7-20(27)15(19)12-16(22(26)29)21(28)25-18-5-2-1-4-17(18)24/h1-2,4-5,8-12H,3,6-7H2,(H,25,28). The fraction of sp³-hybridized carbons (Fsp3) is 0.136. The average Bonchev–Trinajstić information content (AvgIpc) is 2.70. The number of carbonyl (C=O) groups excluding carboxylic acids is 2. The number of para-hydroxylation sites is 1. The molecule has 5 nitrogen and oxygen atoms in total. The molecule has 1 heterocycles. The Labute approximate surface area is 176 Å². The minimum Gasteiger partial charge on any atom is -0.320 e. The van der Waals surface area contributed by atoms with E-state index in [0.717, 1.165) is 0 Å². The van der Waals surface area contributed by atoms with Gasteiger partial charge in [-0.3, -0.25) is 19.0 Å². The van der Waals surface area contributed by atoms with E-state index in [1.807, 2.05) is 0 Å². The van der Waals surface area contributed by atoms with Crippen molar-refractivity contribution in [2.75, 3.05) is 5.32 Å². The third kappa shape index (κ3) is 3.71. The van der Waals surface area contributed by atoms with Crippen LogP contribution in [0.25, 0.3) is 5.69 Å². The molecular weight excluding hydrogens is 411 g/mol. The molecule has 3 aromatic rings. The molecule has 0 spiro atoms. The number of Topliss-reactive ketones (excluding diaryl/α,β-unsaturated/α-hetero) is 1. The topological polar surface area (TPSA) is 68.2 Å². The first-order valence-corrected chi connectivity index (χ1v) is 9.85. The number of anilines is 1. The predicted octanol–water partition coefficient (Wildman–Crippen LogP) is 4.92. The minimum absolute atomic E-state index is 0.0826. The van der Waals surface area contributed by atoms with Crippen molar-refractivity contribution in [1.82, 2.24) is 4.57 Å². The van der Waals surface area contributed by atoms with Crippen molar-refractivity contribution in [3.05, 3.63) is 91.8 Å². The van der Waals surface area contributed by atoms with Crippen LogP contribution >= 0.6 is 23.2 Å². The molecule has 1 aliphatic rings. The number of amides is 1. The van der Waals surface area contributed by atoms with E-state index in [-0.39, 0.29) is 11.3 Å². The zero-order chi connectivity index (χ0) is 20.5. The molecule has 0 fully saturated rings. The molecule has 4 rings (SSSR count). The lowest BCUT2D eigenvalue weighted by atomic mass is 9.92. The SMILES string of the molecule is O=C1CCCc2c1cc(C(=O)Nc1ccccc1Cl)c(=O)n2-c1ccc(Cl)cc1. The van der Waals surface area contributed by atoms with Crippen LogP contribution in [-0.4, -0.2) is 16.3 Å². The fourth-order valence-electron chi connectivity index (χ4n) is 3.47. The van der Waals surface area contributed by atoms with E-state index >= 15 is 0 Å².